The predicted molar refractivity (Wildman–Crippen MR) is 90.3 cm³/mol. The molecule has 2 unspecified atom stereocenters. The monoisotopic (exact) mass is 292 g/mol. The highest BCUT2D eigenvalue weighted by atomic mass is 16.1. The van der Waals surface area contributed by atoms with Crippen LogP contribution in [0.2, 0.25) is 0 Å². The SMILES string of the molecule is CCCCCC1CCC([C@H]2CC[C@H](CCC)CC2)CC1=O. The largest absolute Gasteiger partial charge is 0.299 e. The van der Waals surface area contributed by atoms with Gasteiger partial charge in [-0.2, -0.15) is 0 Å². The number of ketones is 1. The Morgan fingerprint density at radius 2 is 1.52 bits per heavy atom. The number of hydrogen-bond acceptors (Lipinski definition) is 1. The normalized spacial score (nSPS) is 34.1. The van der Waals surface area contributed by atoms with Crippen molar-refractivity contribution in [2.75, 3.05) is 0 Å². The zero-order valence-electron chi connectivity index (χ0n) is 14.4. The van der Waals surface area contributed by atoms with Crippen LogP contribution in [0.4, 0.5) is 0 Å². The van der Waals surface area contributed by atoms with Crippen LogP contribution in [0.3, 0.4) is 0 Å². The van der Waals surface area contributed by atoms with Crippen molar-refractivity contribution in [1.29, 1.82) is 0 Å². The third kappa shape index (κ3) is 5.11. The summed E-state index contributed by atoms with van der Waals surface area (Å²) < 4.78 is 0. The minimum absolute atomic E-state index is 0.421. The van der Waals surface area contributed by atoms with Crippen molar-refractivity contribution < 1.29 is 4.79 Å². The van der Waals surface area contributed by atoms with Crippen molar-refractivity contribution in [3.05, 3.63) is 0 Å². The Kier molecular flexibility index (Phi) is 7.26. The average Bonchev–Trinajstić information content (AvgIpc) is 2.50. The zero-order valence-corrected chi connectivity index (χ0v) is 14.4. The predicted octanol–water partition coefficient (Wildman–Crippen LogP) is 6.16. The summed E-state index contributed by atoms with van der Waals surface area (Å²) in [5.74, 6) is 3.63. The summed E-state index contributed by atoms with van der Waals surface area (Å²) in [5, 5.41) is 0. The molecule has 1 heteroatoms. The fourth-order valence-corrected chi connectivity index (χ4v) is 4.81. The highest BCUT2D eigenvalue weighted by molar-refractivity contribution is 5.81. The van der Waals surface area contributed by atoms with Crippen molar-refractivity contribution in [2.24, 2.45) is 23.7 Å². The topological polar surface area (TPSA) is 17.1 Å². The molecule has 0 amide bonds. The van der Waals surface area contributed by atoms with Crippen molar-refractivity contribution in [2.45, 2.75) is 97.3 Å². The number of carbonyl (C=O) groups excluding carboxylic acids is 1. The smallest absolute Gasteiger partial charge is 0.136 e. The van der Waals surface area contributed by atoms with E-state index in [-0.39, 0.29) is 0 Å². The fourth-order valence-electron chi connectivity index (χ4n) is 4.81. The summed E-state index contributed by atoms with van der Waals surface area (Å²) in [6.45, 7) is 4.55. The van der Waals surface area contributed by atoms with Crippen LogP contribution in [0.5, 0.6) is 0 Å². The molecule has 2 aliphatic rings. The fraction of sp³-hybridized carbons (Fsp3) is 0.950. The number of carbonyl (C=O) groups is 1. The van der Waals surface area contributed by atoms with Crippen molar-refractivity contribution in [1.82, 2.24) is 0 Å². The van der Waals surface area contributed by atoms with Gasteiger partial charge in [-0.3, -0.25) is 4.79 Å². The van der Waals surface area contributed by atoms with Gasteiger partial charge < -0.3 is 0 Å². The maximum absolute atomic E-state index is 12.4. The van der Waals surface area contributed by atoms with Gasteiger partial charge in [0.1, 0.15) is 5.78 Å². The van der Waals surface area contributed by atoms with Crippen LogP contribution in [0, 0.1) is 23.7 Å². The summed E-state index contributed by atoms with van der Waals surface area (Å²) in [4.78, 5) is 12.4. The molecule has 0 aliphatic heterocycles. The van der Waals surface area contributed by atoms with Crippen LogP contribution >= 0.6 is 0 Å². The first-order chi connectivity index (χ1) is 10.2. The molecule has 2 saturated carbocycles. The van der Waals surface area contributed by atoms with Gasteiger partial charge in [-0.25, -0.2) is 0 Å². The van der Waals surface area contributed by atoms with Gasteiger partial charge >= 0.3 is 0 Å². The molecule has 0 aromatic carbocycles. The summed E-state index contributed by atoms with van der Waals surface area (Å²) in [6.07, 6.45) is 16.9. The first-order valence-corrected chi connectivity index (χ1v) is 9.77. The Hall–Kier alpha value is -0.330. The molecule has 0 heterocycles. The number of unbranched alkanes of at least 4 members (excludes halogenated alkanes) is 2. The molecular formula is C20H36O. The van der Waals surface area contributed by atoms with E-state index in [2.05, 4.69) is 13.8 Å². The van der Waals surface area contributed by atoms with E-state index >= 15 is 0 Å². The molecule has 2 atom stereocenters. The summed E-state index contributed by atoms with van der Waals surface area (Å²) in [7, 11) is 0. The standard InChI is InChI=1S/C20H36O/c1-3-5-6-8-18-13-14-19(15-20(18)21)17-11-9-16(7-4-2)10-12-17/h16-19H,3-15H2,1-2H3/t16-,17-,18?,19?. The highest BCUT2D eigenvalue weighted by Crippen LogP contribution is 2.41. The third-order valence-electron chi connectivity index (χ3n) is 6.22. The van der Waals surface area contributed by atoms with E-state index in [9.17, 15) is 4.79 Å². The lowest BCUT2D eigenvalue weighted by molar-refractivity contribution is -0.127. The van der Waals surface area contributed by atoms with Gasteiger partial charge in [0.15, 0.2) is 0 Å². The van der Waals surface area contributed by atoms with Crippen LogP contribution in [-0.2, 0) is 4.79 Å². The summed E-state index contributed by atoms with van der Waals surface area (Å²) >= 11 is 0. The maximum Gasteiger partial charge on any atom is 0.136 e. The van der Waals surface area contributed by atoms with E-state index in [1.165, 1.54) is 77.0 Å². The first-order valence-electron chi connectivity index (χ1n) is 9.77. The Labute approximate surface area is 132 Å². The first kappa shape index (κ1) is 17.0. The highest BCUT2D eigenvalue weighted by Gasteiger charge is 2.34. The van der Waals surface area contributed by atoms with Crippen molar-refractivity contribution in [3.63, 3.8) is 0 Å². The quantitative estimate of drug-likeness (QED) is 0.514. The molecule has 2 fully saturated rings. The molecule has 0 bridgehead atoms. The number of Topliss-reactive ketones (excluding diaryl/α,β-unsaturated/α-hetero) is 1. The minimum atomic E-state index is 0.421. The summed E-state index contributed by atoms with van der Waals surface area (Å²) in [5.41, 5.74) is 0. The molecule has 0 radical (unpaired) electrons. The summed E-state index contributed by atoms with van der Waals surface area (Å²) in [6, 6.07) is 0. The Morgan fingerprint density at radius 1 is 0.810 bits per heavy atom. The molecule has 0 saturated heterocycles. The van der Waals surface area contributed by atoms with Crippen LogP contribution in [0.1, 0.15) is 97.3 Å². The van der Waals surface area contributed by atoms with Gasteiger partial charge in [0, 0.05) is 12.3 Å². The van der Waals surface area contributed by atoms with E-state index in [0.29, 0.717) is 11.7 Å². The van der Waals surface area contributed by atoms with E-state index in [1.54, 1.807) is 0 Å². The Bertz CT molecular complexity index is 301. The molecular weight excluding hydrogens is 256 g/mol. The van der Waals surface area contributed by atoms with Crippen LogP contribution in [-0.4, -0.2) is 5.78 Å². The maximum atomic E-state index is 12.4. The second-order valence-electron chi connectivity index (χ2n) is 7.77. The van der Waals surface area contributed by atoms with Gasteiger partial charge in [-0.15, -0.1) is 0 Å². The van der Waals surface area contributed by atoms with Crippen LogP contribution in [0.25, 0.3) is 0 Å². The van der Waals surface area contributed by atoms with E-state index < -0.39 is 0 Å². The molecule has 0 aromatic heterocycles. The molecule has 21 heavy (non-hydrogen) atoms. The van der Waals surface area contributed by atoms with Gasteiger partial charge in [0.2, 0.25) is 0 Å². The Morgan fingerprint density at radius 3 is 2.14 bits per heavy atom. The van der Waals surface area contributed by atoms with Crippen molar-refractivity contribution >= 4 is 5.78 Å². The number of hydrogen-bond donors (Lipinski definition) is 0. The number of rotatable bonds is 7. The molecule has 0 aromatic rings. The third-order valence-corrected chi connectivity index (χ3v) is 6.22. The lowest BCUT2D eigenvalue weighted by Gasteiger charge is -2.37. The lowest BCUT2D eigenvalue weighted by Crippen LogP contribution is -2.31. The molecule has 122 valence electrons. The Balaban J connectivity index is 1.71. The molecule has 1 nitrogen and oxygen atoms in total. The van der Waals surface area contributed by atoms with E-state index in [1.807, 2.05) is 0 Å². The average molecular weight is 293 g/mol. The van der Waals surface area contributed by atoms with Gasteiger partial charge in [-0.05, 0) is 49.9 Å². The minimum Gasteiger partial charge on any atom is -0.299 e. The van der Waals surface area contributed by atoms with Gasteiger partial charge in [0.25, 0.3) is 0 Å². The van der Waals surface area contributed by atoms with E-state index in [4.69, 9.17) is 0 Å². The van der Waals surface area contributed by atoms with Gasteiger partial charge in [-0.1, -0.05) is 58.8 Å². The molecule has 0 spiro atoms. The van der Waals surface area contributed by atoms with Crippen LogP contribution < -0.4 is 0 Å². The van der Waals surface area contributed by atoms with E-state index in [0.717, 1.165) is 24.2 Å². The molecule has 2 aliphatic carbocycles. The van der Waals surface area contributed by atoms with Gasteiger partial charge in [0.05, 0.1) is 0 Å². The second-order valence-corrected chi connectivity index (χ2v) is 7.77. The molecule has 2 rings (SSSR count). The zero-order chi connectivity index (χ0) is 15.1. The second kappa shape index (κ2) is 8.96. The van der Waals surface area contributed by atoms with Crippen LogP contribution in [0.15, 0.2) is 0 Å². The lowest BCUT2D eigenvalue weighted by atomic mass is 9.68. The van der Waals surface area contributed by atoms with Crippen molar-refractivity contribution in [3.8, 4) is 0 Å². The molecule has 0 N–H and O–H groups in total.